The maximum Gasteiger partial charge on any atom is 0.263 e. The number of pyridine rings is 1. The van der Waals surface area contributed by atoms with Gasteiger partial charge in [-0.05, 0) is 37.1 Å². The van der Waals surface area contributed by atoms with E-state index in [1.807, 2.05) is 13.0 Å². The summed E-state index contributed by atoms with van der Waals surface area (Å²) in [5.74, 6) is -3.53. The number of hydrogen-bond donors (Lipinski definition) is 3. The van der Waals surface area contributed by atoms with Gasteiger partial charge in [-0.3, -0.25) is 4.79 Å². The highest BCUT2D eigenvalue weighted by Gasteiger charge is 2.24. The zero-order valence-corrected chi connectivity index (χ0v) is 17.7. The van der Waals surface area contributed by atoms with E-state index in [1.165, 1.54) is 16.2 Å². The monoisotopic (exact) mass is 449 g/mol. The Bertz CT molecular complexity index is 1140. The number of rotatable bonds is 5. The number of carbonyl (C=O) groups is 1. The van der Waals surface area contributed by atoms with Crippen molar-refractivity contribution < 1.29 is 18.0 Å². The van der Waals surface area contributed by atoms with Gasteiger partial charge in [0.05, 0.1) is 5.69 Å². The van der Waals surface area contributed by atoms with Gasteiger partial charge in [-0.2, -0.15) is 0 Å². The van der Waals surface area contributed by atoms with E-state index in [4.69, 9.17) is 5.73 Å². The Balaban J connectivity index is 1.46. The molecule has 0 spiro atoms. The molecule has 4 rings (SSSR count). The quantitative estimate of drug-likeness (QED) is 0.522. The fourth-order valence-corrected chi connectivity index (χ4v) is 4.70. The predicted octanol–water partition coefficient (Wildman–Crippen LogP) is 2.99. The van der Waals surface area contributed by atoms with Gasteiger partial charge in [0.15, 0.2) is 11.6 Å². The lowest BCUT2D eigenvalue weighted by Crippen LogP contribution is -2.44. The van der Waals surface area contributed by atoms with Gasteiger partial charge in [0.2, 0.25) is 0 Å². The van der Waals surface area contributed by atoms with Crippen molar-refractivity contribution in [2.75, 3.05) is 43.4 Å². The van der Waals surface area contributed by atoms with Crippen LogP contribution in [0.3, 0.4) is 0 Å². The summed E-state index contributed by atoms with van der Waals surface area (Å²) < 4.78 is 43.7. The number of thiophene rings is 1. The molecule has 1 aliphatic rings. The number of amides is 1. The van der Waals surface area contributed by atoms with Gasteiger partial charge in [-0.1, -0.05) is 0 Å². The second-order valence-electron chi connectivity index (χ2n) is 7.39. The zero-order valence-electron chi connectivity index (χ0n) is 16.9. The number of aryl methyl sites for hydroxylation is 1. The van der Waals surface area contributed by atoms with Gasteiger partial charge in [0, 0.05) is 43.8 Å². The first kappa shape index (κ1) is 21.4. The fourth-order valence-electron chi connectivity index (χ4n) is 3.64. The average Bonchev–Trinajstić information content (AvgIpc) is 3.08. The molecule has 3 aromatic rings. The van der Waals surface area contributed by atoms with E-state index in [2.05, 4.69) is 15.6 Å². The molecule has 2 aromatic heterocycles. The summed E-state index contributed by atoms with van der Waals surface area (Å²) in [6, 6.07) is 4.62. The van der Waals surface area contributed by atoms with E-state index in [9.17, 15) is 18.0 Å². The number of halogens is 3. The molecule has 0 radical (unpaired) electrons. The number of piperazine rings is 1. The Hall–Kier alpha value is -2.85. The maximum atomic E-state index is 14.6. The number of nitrogen functional groups attached to an aromatic ring is 1. The number of carbonyl (C=O) groups excluding carboxylic acids is 1. The van der Waals surface area contributed by atoms with Crippen LogP contribution in [-0.4, -0.2) is 43.6 Å². The first-order valence-electron chi connectivity index (χ1n) is 9.92. The molecule has 1 fully saturated rings. The fraction of sp³-hybridized carbons (Fsp3) is 0.333. The summed E-state index contributed by atoms with van der Waals surface area (Å²) in [5, 5.41) is 6.42. The molecule has 164 valence electrons. The minimum Gasteiger partial charge on any atom is -0.397 e. The number of fused-ring (bicyclic) bond motifs is 1. The van der Waals surface area contributed by atoms with Crippen LogP contribution in [0, 0.1) is 24.4 Å². The smallest absolute Gasteiger partial charge is 0.263 e. The van der Waals surface area contributed by atoms with E-state index in [-0.39, 0.29) is 24.2 Å². The van der Waals surface area contributed by atoms with E-state index < -0.39 is 23.4 Å². The summed E-state index contributed by atoms with van der Waals surface area (Å²) >= 11 is 1.17. The molecule has 0 unspecified atom stereocenters. The van der Waals surface area contributed by atoms with Crippen LogP contribution in [0.4, 0.5) is 24.5 Å². The molecule has 0 atom stereocenters. The van der Waals surface area contributed by atoms with Gasteiger partial charge in [0.25, 0.3) is 5.91 Å². The molecule has 1 saturated heterocycles. The number of aromatic nitrogens is 1. The number of nitrogens with one attached hydrogen (secondary N) is 2. The molecule has 10 heteroatoms. The van der Waals surface area contributed by atoms with E-state index in [0.29, 0.717) is 47.0 Å². The molecule has 3 heterocycles. The van der Waals surface area contributed by atoms with Crippen LogP contribution in [-0.2, 0) is 6.42 Å². The second kappa shape index (κ2) is 8.72. The first-order chi connectivity index (χ1) is 14.9. The molecule has 4 N–H and O–H groups in total. The van der Waals surface area contributed by atoms with Crippen molar-refractivity contribution in [3.63, 3.8) is 0 Å². The molecule has 0 aliphatic carbocycles. The van der Waals surface area contributed by atoms with E-state index in [0.717, 1.165) is 11.8 Å². The molecule has 0 bridgehead atoms. The Morgan fingerprint density at radius 3 is 2.74 bits per heavy atom. The standard InChI is InChI=1S/C21H22F3N5OS/c1-11-2-3-13-17(25)19(31-21(13)28-11)20(30)27-5-4-12-10-14(22)18(16(24)15(12)23)29-8-6-26-7-9-29/h2-3,10,26H,4-9,25H2,1H3,(H,27,30). The lowest BCUT2D eigenvalue weighted by Gasteiger charge is -2.30. The minimum atomic E-state index is -1.20. The van der Waals surface area contributed by atoms with Gasteiger partial charge >= 0.3 is 0 Å². The van der Waals surface area contributed by atoms with Crippen LogP contribution in [0.5, 0.6) is 0 Å². The highest BCUT2D eigenvalue weighted by molar-refractivity contribution is 7.21. The molecule has 0 saturated carbocycles. The lowest BCUT2D eigenvalue weighted by molar-refractivity contribution is 0.0959. The Labute approximate surface area is 181 Å². The third kappa shape index (κ3) is 4.17. The second-order valence-corrected chi connectivity index (χ2v) is 8.39. The SMILES string of the molecule is Cc1ccc2c(N)c(C(=O)NCCc3cc(F)c(N4CCNCC4)c(F)c3F)sc2n1. The minimum absolute atomic E-state index is 0.00174. The molecular formula is C21H22F3N5OS. The summed E-state index contributed by atoms with van der Waals surface area (Å²) in [6.45, 7) is 3.78. The number of anilines is 2. The average molecular weight is 450 g/mol. The largest absolute Gasteiger partial charge is 0.397 e. The van der Waals surface area contributed by atoms with Crippen LogP contribution in [0.1, 0.15) is 20.9 Å². The lowest BCUT2D eigenvalue weighted by atomic mass is 10.1. The van der Waals surface area contributed by atoms with Gasteiger partial charge in [-0.15, -0.1) is 11.3 Å². The van der Waals surface area contributed by atoms with E-state index in [1.54, 1.807) is 6.07 Å². The zero-order chi connectivity index (χ0) is 22.1. The Kier molecular flexibility index (Phi) is 6.01. The molecule has 1 aliphatic heterocycles. The van der Waals surface area contributed by atoms with Crippen molar-refractivity contribution >= 4 is 38.8 Å². The molecule has 31 heavy (non-hydrogen) atoms. The summed E-state index contributed by atoms with van der Waals surface area (Å²) in [5.41, 5.74) is 6.73. The molecule has 1 amide bonds. The number of hydrogen-bond acceptors (Lipinski definition) is 6. The topological polar surface area (TPSA) is 83.3 Å². The Morgan fingerprint density at radius 1 is 1.26 bits per heavy atom. The summed E-state index contributed by atoms with van der Waals surface area (Å²) in [7, 11) is 0. The van der Waals surface area contributed by atoms with Crippen LogP contribution >= 0.6 is 11.3 Å². The van der Waals surface area contributed by atoms with Crippen LogP contribution in [0.15, 0.2) is 18.2 Å². The van der Waals surface area contributed by atoms with E-state index >= 15 is 0 Å². The van der Waals surface area contributed by atoms with Gasteiger partial charge < -0.3 is 21.3 Å². The van der Waals surface area contributed by atoms with Gasteiger partial charge in [0.1, 0.15) is 21.2 Å². The van der Waals surface area contributed by atoms with Crippen molar-refractivity contribution in [3.8, 4) is 0 Å². The maximum absolute atomic E-state index is 14.6. The molecule has 6 nitrogen and oxygen atoms in total. The summed E-state index contributed by atoms with van der Waals surface area (Å²) in [4.78, 5) is 19.3. The predicted molar refractivity (Wildman–Crippen MR) is 116 cm³/mol. The van der Waals surface area contributed by atoms with Crippen molar-refractivity contribution in [1.82, 2.24) is 15.6 Å². The van der Waals surface area contributed by atoms with Crippen LogP contribution < -0.4 is 21.3 Å². The number of benzene rings is 1. The third-order valence-corrected chi connectivity index (χ3v) is 6.38. The number of nitrogens with two attached hydrogens (primary N) is 1. The summed E-state index contributed by atoms with van der Waals surface area (Å²) in [6.07, 6.45) is -0.0601. The molecular weight excluding hydrogens is 427 g/mol. The van der Waals surface area contributed by atoms with Gasteiger partial charge in [-0.25, -0.2) is 18.2 Å². The first-order valence-corrected chi connectivity index (χ1v) is 10.7. The van der Waals surface area contributed by atoms with Crippen molar-refractivity contribution in [3.05, 3.63) is 51.8 Å². The van der Waals surface area contributed by atoms with Crippen molar-refractivity contribution in [2.45, 2.75) is 13.3 Å². The highest BCUT2D eigenvalue weighted by Crippen LogP contribution is 2.32. The normalized spacial score (nSPS) is 14.3. The van der Waals surface area contributed by atoms with Crippen molar-refractivity contribution in [1.29, 1.82) is 0 Å². The Morgan fingerprint density at radius 2 is 2.00 bits per heavy atom. The molecule has 1 aromatic carbocycles. The van der Waals surface area contributed by atoms with Crippen LogP contribution in [0.25, 0.3) is 10.2 Å². The van der Waals surface area contributed by atoms with Crippen molar-refractivity contribution in [2.24, 2.45) is 0 Å². The van der Waals surface area contributed by atoms with Crippen LogP contribution in [0.2, 0.25) is 0 Å². The highest BCUT2D eigenvalue weighted by atomic mass is 32.1. The third-order valence-electron chi connectivity index (χ3n) is 5.26. The number of nitrogens with zero attached hydrogens (tertiary/aromatic N) is 2.